The molecule has 0 bridgehead atoms. The highest BCUT2D eigenvalue weighted by molar-refractivity contribution is 5.99. The quantitative estimate of drug-likeness (QED) is 0.463. The number of alkyl halides is 3. The third-order valence-electron chi connectivity index (χ3n) is 5.84. The van der Waals surface area contributed by atoms with Crippen molar-refractivity contribution in [2.24, 2.45) is 0 Å². The first-order chi connectivity index (χ1) is 17.2. The van der Waals surface area contributed by atoms with Gasteiger partial charge >= 0.3 is 12.2 Å². The minimum Gasteiger partial charge on any atom is -0.368 e. The van der Waals surface area contributed by atoms with Crippen LogP contribution in [0.15, 0.2) is 72.8 Å². The zero-order valence-electron chi connectivity index (χ0n) is 19.2. The molecule has 0 unspecified atom stereocenters. The number of hydrogen-bond acceptors (Lipinski definition) is 3. The Balaban J connectivity index is 1.26. The lowest BCUT2D eigenvalue weighted by atomic mass is 10.1. The van der Waals surface area contributed by atoms with Gasteiger partial charge in [0.25, 0.3) is 0 Å². The van der Waals surface area contributed by atoms with E-state index in [2.05, 4.69) is 15.5 Å². The van der Waals surface area contributed by atoms with Crippen molar-refractivity contribution in [2.45, 2.75) is 12.6 Å². The summed E-state index contributed by atoms with van der Waals surface area (Å²) >= 11 is 0. The second-order valence-corrected chi connectivity index (χ2v) is 8.38. The number of carbonyl (C=O) groups excluding carboxylic acids is 2. The fourth-order valence-electron chi connectivity index (χ4n) is 3.93. The van der Waals surface area contributed by atoms with E-state index in [-0.39, 0.29) is 23.8 Å². The van der Waals surface area contributed by atoms with Crippen molar-refractivity contribution >= 4 is 29.0 Å². The lowest BCUT2D eigenvalue weighted by Crippen LogP contribution is -2.49. The van der Waals surface area contributed by atoms with Crippen LogP contribution in [0.3, 0.4) is 0 Å². The van der Waals surface area contributed by atoms with E-state index in [4.69, 9.17) is 0 Å². The molecule has 0 aromatic heterocycles. The lowest BCUT2D eigenvalue weighted by Gasteiger charge is -2.36. The molecule has 0 spiro atoms. The third-order valence-corrected chi connectivity index (χ3v) is 5.84. The fourth-order valence-corrected chi connectivity index (χ4v) is 3.93. The maximum absolute atomic E-state index is 13.0. The van der Waals surface area contributed by atoms with Crippen LogP contribution in [0.4, 0.5) is 39.4 Å². The SMILES string of the molecule is O=C(Nc1ccc(N2CCN(C(=O)Cc3ccc(F)cc3)CC2)cc1)Nc1cccc(C(F)(F)F)c1. The summed E-state index contributed by atoms with van der Waals surface area (Å²) in [6, 6.07) is 16.7. The van der Waals surface area contributed by atoms with Gasteiger partial charge in [-0.2, -0.15) is 13.2 Å². The minimum absolute atomic E-state index is 0.00686. The Hall–Kier alpha value is -4.08. The normalized spacial score (nSPS) is 13.9. The molecule has 0 saturated carbocycles. The average Bonchev–Trinajstić information content (AvgIpc) is 2.85. The number of nitrogens with one attached hydrogen (secondary N) is 2. The number of halogens is 4. The zero-order chi connectivity index (χ0) is 25.7. The van der Waals surface area contributed by atoms with Crippen molar-refractivity contribution in [2.75, 3.05) is 41.7 Å². The van der Waals surface area contributed by atoms with Crippen LogP contribution in [-0.4, -0.2) is 43.0 Å². The second-order valence-electron chi connectivity index (χ2n) is 8.38. The molecule has 188 valence electrons. The summed E-state index contributed by atoms with van der Waals surface area (Å²) in [6.07, 6.45) is -4.27. The number of amides is 3. The van der Waals surface area contributed by atoms with Gasteiger partial charge in [-0.3, -0.25) is 4.79 Å². The molecule has 3 aromatic carbocycles. The molecule has 3 amide bonds. The maximum atomic E-state index is 13.0. The van der Waals surface area contributed by atoms with Crippen LogP contribution in [0, 0.1) is 5.82 Å². The lowest BCUT2D eigenvalue weighted by molar-refractivity contribution is -0.137. The van der Waals surface area contributed by atoms with Gasteiger partial charge in [0.2, 0.25) is 5.91 Å². The molecule has 1 heterocycles. The van der Waals surface area contributed by atoms with Gasteiger partial charge in [0.05, 0.1) is 12.0 Å². The van der Waals surface area contributed by atoms with E-state index >= 15 is 0 Å². The van der Waals surface area contributed by atoms with E-state index in [1.54, 1.807) is 29.2 Å². The monoisotopic (exact) mass is 500 g/mol. The molecule has 1 saturated heterocycles. The van der Waals surface area contributed by atoms with Gasteiger partial charge in [-0.1, -0.05) is 18.2 Å². The van der Waals surface area contributed by atoms with Gasteiger partial charge in [0, 0.05) is 43.2 Å². The number of urea groups is 1. The highest BCUT2D eigenvalue weighted by Gasteiger charge is 2.30. The zero-order valence-corrected chi connectivity index (χ0v) is 19.2. The predicted molar refractivity (Wildman–Crippen MR) is 129 cm³/mol. The number of rotatable bonds is 5. The van der Waals surface area contributed by atoms with E-state index in [9.17, 15) is 27.2 Å². The number of hydrogen-bond donors (Lipinski definition) is 2. The Morgan fingerprint density at radius 1 is 0.806 bits per heavy atom. The van der Waals surface area contributed by atoms with Gasteiger partial charge in [-0.05, 0) is 60.2 Å². The van der Waals surface area contributed by atoms with Gasteiger partial charge in [-0.15, -0.1) is 0 Å². The number of benzene rings is 3. The smallest absolute Gasteiger partial charge is 0.368 e. The Morgan fingerprint density at radius 3 is 2.08 bits per heavy atom. The van der Waals surface area contributed by atoms with Crippen molar-refractivity contribution in [3.05, 3.63) is 89.7 Å². The van der Waals surface area contributed by atoms with Crippen LogP contribution in [-0.2, 0) is 17.4 Å². The highest BCUT2D eigenvalue weighted by Crippen LogP contribution is 2.30. The molecule has 1 fully saturated rings. The van der Waals surface area contributed by atoms with E-state index < -0.39 is 17.8 Å². The van der Waals surface area contributed by atoms with Gasteiger partial charge in [0.1, 0.15) is 5.82 Å². The summed E-state index contributed by atoms with van der Waals surface area (Å²) < 4.78 is 51.6. The first kappa shape index (κ1) is 25.0. The van der Waals surface area contributed by atoms with Crippen LogP contribution in [0.2, 0.25) is 0 Å². The molecule has 6 nitrogen and oxygen atoms in total. The van der Waals surface area contributed by atoms with Crippen molar-refractivity contribution in [1.82, 2.24) is 4.90 Å². The van der Waals surface area contributed by atoms with E-state index in [0.29, 0.717) is 31.9 Å². The minimum atomic E-state index is -4.49. The first-order valence-corrected chi connectivity index (χ1v) is 11.3. The molecule has 0 radical (unpaired) electrons. The molecule has 0 atom stereocenters. The molecule has 10 heteroatoms. The first-order valence-electron chi connectivity index (χ1n) is 11.3. The molecule has 36 heavy (non-hydrogen) atoms. The average molecular weight is 500 g/mol. The van der Waals surface area contributed by atoms with E-state index in [0.717, 1.165) is 23.4 Å². The number of anilines is 3. The standard InChI is InChI=1S/C26H24F4N4O2/c27-20-6-4-18(5-7-20)16-24(35)34-14-12-33(13-15-34)23-10-8-21(9-11-23)31-25(36)32-22-3-1-2-19(17-22)26(28,29)30/h1-11,17H,12-16H2,(H2,31,32,36). The summed E-state index contributed by atoms with van der Waals surface area (Å²) in [5, 5.41) is 5.00. The Kier molecular flexibility index (Phi) is 7.42. The Morgan fingerprint density at radius 2 is 1.44 bits per heavy atom. The number of nitrogens with zero attached hydrogens (tertiary/aromatic N) is 2. The van der Waals surface area contributed by atoms with Crippen molar-refractivity contribution in [3.63, 3.8) is 0 Å². The molecule has 2 N–H and O–H groups in total. The summed E-state index contributed by atoms with van der Waals surface area (Å²) in [4.78, 5) is 28.7. The van der Waals surface area contributed by atoms with Gasteiger partial charge in [-0.25, -0.2) is 9.18 Å². The molecular formula is C26H24F4N4O2. The van der Waals surface area contributed by atoms with Crippen LogP contribution in [0.1, 0.15) is 11.1 Å². The van der Waals surface area contributed by atoms with Crippen LogP contribution >= 0.6 is 0 Å². The Labute approximate surface area is 205 Å². The second kappa shape index (κ2) is 10.7. The molecule has 1 aliphatic rings. The summed E-state index contributed by atoms with van der Waals surface area (Å²) in [7, 11) is 0. The van der Waals surface area contributed by atoms with Crippen molar-refractivity contribution in [3.8, 4) is 0 Å². The van der Waals surface area contributed by atoms with Crippen molar-refractivity contribution in [1.29, 1.82) is 0 Å². The third kappa shape index (κ3) is 6.53. The molecular weight excluding hydrogens is 476 g/mol. The number of piperazine rings is 1. The summed E-state index contributed by atoms with van der Waals surface area (Å²) in [5.74, 6) is -0.343. The van der Waals surface area contributed by atoms with Crippen LogP contribution in [0.25, 0.3) is 0 Å². The van der Waals surface area contributed by atoms with Gasteiger partial charge in [0.15, 0.2) is 0 Å². The summed E-state index contributed by atoms with van der Waals surface area (Å²) in [6.45, 7) is 2.38. The number of carbonyl (C=O) groups is 2. The van der Waals surface area contributed by atoms with Crippen molar-refractivity contribution < 1.29 is 27.2 Å². The topological polar surface area (TPSA) is 64.7 Å². The molecule has 4 rings (SSSR count). The van der Waals surface area contributed by atoms with Crippen LogP contribution < -0.4 is 15.5 Å². The largest absolute Gasteiger partial charge is 0.416 e. The Bertz CT molecular complexity index is 1210. The van der Waals surface area contributed by atoms with Gasteiger partial charge < -0.3 is 20.4 Å². The van der Waals surface area contributed by atoms with E-state index in [1.165, 1.54) is 24.3 Å². The maximum Gasteiger partial charge on any atom is 0.416 e. The molecule has 1 aliphatic heterocycles. The van der Waals surface area contributed by atoms with Crippen LogP contribution in [0.5, 0.6) is 0 Å². The molecule has 0 aliphatic carbocycles. The fraction of sp³-hybridized carbons (Fsp3) is 0.231. The highest BCUT2D eigenvalue weighted by atomic mass is 19.4. The van der Waals surface area contributed by atoms with E-state index in [1.807, 2.05) is 12.1 Å². The molecule has 3 aromatic rings. The predicted octanol–water partition coefficient (Wildman–Crippen LogP) is 5.38. The summed E-state index contributed by atoms with van der Waals surface area (Å²) in [5.41, 5.74) is 1.36.